The van der Waals surface area contributed by atoms with E-state index >= 15 is 0 Å². The van der Waals surface area contributed by atoms with Gasteiger partial charge in [0.05, 0.1) is 14.2 Å². The zero-order chi connectivity index (χ0) is 15.4. The highest BCUT2D eigenvalue weighted by Crippen LogP contribution is 2.24. The predicted molar refractivity (Wildman–Crippen MR) is 73.6 cm³/mol. The number of piperidine rings is 1. The van der Waals surface area contributed by atoms with Gasteiger partial charge in [-0.1, -0.05) is 0 Å². The van der Waals surface area contributed by atoms with Crippen LogP contribution in [0.1, 0.15) is 29.6 Å². The minimum Gasteiger partial charge on any atom is -0.494 e. The number of nitrogens with zero attached hydrogens (tertiary/aromatic N) is 1. The summed E-state index contributed by atoms with van der Waals surface area (Å²) in [6.45, 7) is 0.484. The zero-order valence-electron chi connectivity index (χ0n) is 12.1. The third-order valence-corrected chi connectivity index (χ3v) is 3.63. The molecule has 1 saturated heterocycles. The molecule has 1 aromatic carbocycles. The Morgan fingerprint density at radius 1 is 1.29 bits per heavy atom. The second-order valence-corrected chi connectivity index (χ2v) is 4.88. The van der Waals surface area contributed by atoms with Crippen molar-refractivity contribution >= 4 is 11.9 Å². The van der Waals surface area contributed by atoms with Crippen LogP contribution in [0.25, 0.3) is 0 Å². The van der Waals surface area contributed by atoms with E-state index in [1.165, 1.54) is 37.3 Å². The quantitative estimate of drug-likeness (QED) is 0.800. The van der Waals surface area contributed by atoms with Crippen molar-refractivity contribution in [1.29, 1.82) is 0 Å². The molecule has 5 nitrogen and oxygen atoms in total. The van der Waals surface area contributed by atoms with Crippen molar-refractivity contribution in [2.75, 3.05) is 20.8 Å². The van der Waals surface area contributed by atoms with Gasteiger partial charge in [0.25, 0.3) is 5.91 Å². The van der Waals surface area contributed by atoms with Crippen LogP contribution < -0.4 is 4.74 Å². The third kappa shape index (κ3) is 3.15. The lowest BCUT2D eigenvalue weighted by Gasteiger charge is -2.33. The maximum Gasteiger partial charge on any atom is 0.328 e. The van der Waals surface area contributed by atoms with Gasteiger partial charge >= 0.3 is 5.97 Å². The van der Waals surface area contributed by atoms with Crippen molar-refractivity contribution in [3.8, 4) is 5.75 Å². The van der Waals surface area contributed by atoms with Gasteiger partial charge in [-0.15, -0.1) is 0 Å². The van der Waals surface area contributed by atoms with E-state index in [1.807, 2.05) is 0 Å². The Balaban J connectivity index is 2.26. The highest BCUT2D eigenvalue weighted by Gasteiger charge is 2.33. The van der Waals surface area contributed by atoms with Gasteiger partial charge in [0.1, 0.15) is 6.04 Å². The van der Waals surface area contributed by atoms with E-state index < -0.39 is 17.8 Å². The van der Waals surface area contributed by atoms with Crippen LogP contribution in [0.15, 0.2) is 18.2 Å². The number of hydrogen-bond acceptors (Lipinski definition) is 4. The van der Waals surface area contributed by atoms with Gasteiger partial charge in [0.15, 0.2) is 11.6 Å². The molecule has 1 fully saturated rings. The van der Waals surface area contributed by atoms with Crippen LogP contribution in [-0.4, -0.2) is 43.6 Å². The van der Waals surface area contributed by atoms with E-state index in [1.54, 1.807) is 0 Å². The summed E-state index contributed by atoms with van der Waals surface area (Å²) in [6.07, 6.45) is 2.28. The van der Waals surface area contributed by atoms with E-state index in [-0.39, 0.29) is 11.7 Å². The summed E-state index contributed by atoms with van der Waals surface area (Å²) in [4.78, 5) is 25.8. The zero-order valence-corrected chi connectivity index (χ0v) is 12.1. The first-order valence-electron chi connectivity index (χ1n) is 6.80. The molecule has 1 aliphatic rings. The summed E-state index contributed by atoms with van der Waals surface area (Å²) in [5, 5.41) is 0. The highest BCUT2D eigenvalue weighted by molar-refractivity contribution is 5.97. The number of benzene rings is 1. The van der Waals surface area contributed by atoms with Crippen LogP contribution in [-0.2, 0) is 9.53 Å². The van der Waals surface area contributed by atoms with Gasteiger partial charge in [-0.25, -0.2) is 9.18 Å². The van der Waals surface area contributed by atoms with E-state index in [4.69, 9.17) is 9.47 Å². The maximum absolute atomic E-state index is 13.4. The summed E-state index contributed by atoms with van der Waals surface area (Å²) in [5.41, 5.74) is 0.295. The molecule has 0 aliphatic carbocycles. The number of esters is 1. The molecule has 21 heavy (non-hydrogen) atoms. The van der Waals surface area contributed by atoms with E-state index in [0.29, 0.717) is 18.5 Å². The molecule has 0 aromatic heterocycles. The second-order valence-electron chi connectivity index (χ2n) is 4.88. The molecule has 0 saturated carbocycles. The highest BCUT2D eigenvalue weighted by atomic mass is 19.1. The van der Waals surface area contributed by atoms with Crippen LogP contribution in [0.5, 0.6) is 5.75 Å². The number of rotatable bonds is 3. The molecular weight excluding hydrogens is 277 g/mol. The Kier molecular flexibility index (Phi) is 4.77. The van der Waals surface area contributed by atoms with Crippen LogP contribution in [0, 0.1) is 5.82 Å². The first-order chi connectivity index (χ1) is 10.1. The molecule has 2 rings (SSSR count). The molecule has 0 N–H and O–H groups in total. The fraction of sp³-hybridized carbons (Fsp3) is 0.467. The molecule has 0 radical (unpaired) electrons. The van der Waals surface area contributed by atoms with Crippen LogP contribution in [0.2, 0.25) is 0 Å². The summed E-state index contributed by atoms with van der Waals surface area (Å²) in [7, 11) is 2.64. The van der Waals surface area contributed by atoms with Crippen molar-refractivity contribution in [3.63, 3.8) is 0 Å². The molecule has 0 bridgehead atoms. The van der Waals surface area contributed by atoms with E-state index in [2.05, 4.69) is 0 Å². The Bertz CT molecular complexity index is 546. The van der Waals surface area contributed by atoms with Crippen LogP contribution >= 0.6 is 0 Å². The fourth-order valence-corrected chi connectivity index (χ4v) is 2.51. The monoisotopic (exact) mass is 295 g/mol. The minimum atomic E-state index is -0.577. The van der Waals surface area contributed by atoms with Crippen molar-refractivity contribution in [2.24, 2.45) is 0 Å². The minimum absolute atomic E-state index is 0.00692. The van der Waals surface area contributed by atoms with E-state index in [0.717, 1.165) is 12.8 Å². The lowest BCUT2D eigenvalue weighted by molar-refractivity contribution is -0.147. The van der Waals surface area contributed by atoms with Gasteiger partial charge in [0.2, 0.25) is 0 Å². The number of likely N-dealkylation sites (tertiary alicyclic amines) is 1. The fourth-order valence-electron chi connectivity index (χ4n) is 2.51. The number of methoxy groups -OCH3 is 2. The van der Waals surface area contributed by atoms with Crippen LogP contribution in [0.3, 0.4) is 0 Å². The van der Waals surface area contributed by atoms with Crippen molar-refractivity contribution in [1.82, 2.24) is 4.90 Å². The number of ether oxygens (including phenoxy) is 2. The molecule has 114 valence electrons. The second kappa shape index (κ2) is 6.56. The van der Waals surface area contributed by atoms with E-state index in [9.17, 15) is 14.0 Å². The molecule has 1 aromatic rings. The predicted octanol–water partition coefficient (Wildman–Crippen LogP) is 2.00. The van der Waals surface area contributed by atoms with Crippen LogP contribution in [0.4, 0.5) is 4.39 Å². The Labute approximate surface area is 122 Å². The molecule has 6 heteroatoms. The molecule has 1 heterocycles. The van der Waals surface area contributed by atoms with Crippen molar-refractivity contribution in [2.45, 2.75) is 25.3 Å². The Morgan fingerprint density at radius 2 is 2.05 bits per heavy atom. The summed E-state index contributed by atoms with van der Waals surface area (Å²) in [5.74, 6) is -1.26. The Hall–Kier alpha value is -2.11. The SMILES string of the molecule is COC(=O)[C@H]1CCCCN1C(=O)c1ccc(F)c(OC)c1. The van der Waals surface area contributed by atoms with Crippen molar-refractivity contribution in [3.05, 3.63) is 29.6 Å². The first-order valence-corrected chi connectivity index (χ1v) is 6.80. The number of hydrogen-bond donors (Lipinski definition) is 0. The molecule has 1 amide bonds. The third-order valence-electron chi connectivity index (χ3n) is 3.63. The lowest BCUT2D eigenvalue weighted by atomic mass is 10.0. The molecule has 0 spiro atoms. The normalized spacial score (nSPS) is 18.2. The average molecular weight is 295 g/mol. The van der Waals surface area contributed by atoms with Gasteiger partial charge < -0.3 is 14.4 Å². The molecule has 1 aliphatic heterocycles. The Morgan fingerprint density at radius 3 is 2.71 bits per heavy atom. The summed E-state index contributed by atoms with van der Waals surface area (Å²) >= 11 is 0. The van der Waals surface area contributed by atoms with Gasteiger partial charge in [0, 0.05) is 12.1 Å². The lowest BCUT2D eigenvalue weighted by Crippen LogP contribution is -2.48. The smallest absolute Gasteiger partial charge is 0.328 e. The largest absolute Gasteiger partial charge is 0.494 e. The number of carbonyl (C=O) groups is 2. The van der Waals surface area contributed by atoms with Gasteiger partial charge in [-0.05, 0) is 37.5 Å². The summed E-state index contributed by atoms with van der Waals surface area (Å²) < 4.78 is 23.0. The first kappa shape index (κ1) is 15.3. The number of amides is 1. The molecular formula is C15H18FNO4. The standard InChI is InChI=1S/C15H18FNO4/c1-20-13-9-10(6-7-11(13)16)14(18)17-8-4-3-5-12(17)15(19)21-2/h6-7,9,12H,3-5,8H2,1-2H3/t12-/m1/s1. The molecule has 1 atom stereocenters. The topological polar surface area (TPSA) is 55.8 Å². The average Bonchev–Trinajstić information content (AvgIpc) is 2.54. The summed E-state index contributed by atoms with van der Waals surface area (Å²) in [6, 6.07) is 3.35. The number of carbonyl (C=O) groups excluding carboxylic acids is 2. The number of halogens is 1. The van der Waals surface area contributed by atoms with Crippen molar-refractivity contribution < 1.29 is 23.5 Å². The van der Waals surface area contributed by atoms with Gasteiger partial charge in [-0.3, -0.25) is 4.79 Å². The van der Waals surface area contributed by atoms with Gasteiger partial charge in [-0.2, -0.15) is 0 Å². The molecule has 0 unspecified atom stereocenters. The maximum atomic E-state index is 13.4.